The van der Waals surface area contributed by atoms with E-state index in [0.29, 0.717) is 5.69 Å². The molecule has 138 valence electrons. The average Bonchev–Trinajstić information content (AvgIpc) is 2.57. The standard InChI is InChI=1S/C18H20FN3O4/c1-11-6-5-7-12(2)18(11)20-17(23)10-21(3)14-9-16(26-4)13(19)8-15(14)22(24)25/h5-9H,10H2,1-4H3,(H,20,23). The van der Waals surface area contributed by atoms with Crippen LogP contribution in [0, 0.1) is 29.8 Å². The zero-order valence-electron chi connectivity index (χ0n) is 15.0. The molecule has 0 aliphatic carbocycles. The highest BCUT2D eigenvalue weighted by atomic mass is 19.1. The third-order valence-electron chi connectivity index (χ3n) is 3.98. The molecule has 0 heterocycles. The molecule has 1 amide bonds. The van der Waals surface area contributed by atoms with Gasteiger partial charge in [-0.2, -0.15) is 0 Å². The lowest BCUT2D eigenvalue weighted by Crippen LogP contribution is -2.31. The monoisotopic (exact) mass is 361 g/mol. The second-order valence-electron chi connectivity index (χ2n) is 5.90. The largest absolute Gasteiger partial charge is 0.494 e. The molecule has 0 aliphatic rings. The number of hydrogen-bond acceptors (Lipinski definition) is 5. The molecule has 0 saturated heterocycles. The van der Waals surface area contributed by atoms with Crippen LogP contribution in [0.1, 0.15) is 11.1 Å². The van der Waals surface area contributed by atoms with Crippen LogP contribution in [0.5, 0.6) is 5.75 Å². The molecule has 8 heteroatoms. The van der Waals surface area contributed by atoms with Crippen molar-refractivity contribution < 1.29 is 18.8 Å². The molecular weight excluding hydrogens is 341 g/mol. The molecule has 7 nitrogen and oxygen atoms in total. The molecule has 0 aromatic heterocycles. The van der Waals surface area contributed by atoms with Crippen LogP contribution in [0.3, 0.4) is 0 Å². The fourth-order valence-electron chi connectivity index (χ4n) is 2.63. The number of amides is 1. The highest BCUT2D eigenvalue weighted by molar-refractivity contribution is 5.95. The van der Waals surface area contributed by atoms with Crippen molar-refractivity contribution in [1.29, 1.82) is 0 Å². The van der Waals surface area contributed by atoms with Crippen LogP contribution in [0.15, 0.2) is 30.3 Å². The second-order valence-corrected chi connectivity index (χ2v) is 5.90. The summed E-state index contributed by atoms with van der Waals surface area (Å²) in [5, 5.41) is 14.0. The number of carbonyl (C=O) groups is 1. The molecule has 0 aliphatic heterocycles. The summed E-state index contributed by atoms with van der Waals surface area (Å²) in [5.41, 5.74) is 2.18. The Kier molecular flexibility index (Phi) is 5.76. The summed E-state index contributed by atoms with van der Waals surface area (Å²) in [6.07, 6.45) is 0. The molecule has 2 aromatic carbocycles. The number of likely N-dealkylation sites (N-methyl/N-ethyl adjacent to an activating group) is 1. The van der Waals surface area contributed by atoms with Gasteiger partial charge in [0.15, 0.2) is 11.6 Å². The Balaban J connectivity index is 2.25. The van der Waals surface area contributed by atoms with Crippen LogP contribution in [0.25, 0.3) is 0 Å². The van der Waals surface area contributed by atoms with Crippen molar-refractivity contribution in [3.05, 3.63) is 57.4 Å². The summed E-state index contributed by atoms with van der Waals surface area (Å²) in [5.74, 6) is -1.31. The molecule has 0 fully saturated rings. The first-order valence-corrected chi connectivity index (χ1v) is 7.83. The smallest absolute Gasteiger partial charge is 0.295 e. The van der Waals surface area contributed by atoms with E-state index in [2.05, 4.69) is 5.32 Å². The Bertz CT molecular complexity index is 834. The fourth-order valence-corrected chi connectivity index (χ4v) is 2.63. The summed E-state index contributed by atoms with van der Waals surface area (Å²) >= 11 is 0. The third-order valence-corrected chi connectivity index (χ3v) is 3.98. The molecule has 2 rings (SSSR count). The Labute approximate surface area is 150 Å². The molecule has 0 atom stereocenters. The maximum absolute atomic E-state index is 13.8. The first kappa shape index (κ1) is 19.2. The number of carbonyl (C=O) groups excluding carboxylic acids is 1. The highest BCUT2D eigenvalue weighted by Crippen LogP contribution is 2.34. The van der Waals surface area contributed by atoms with E-state index in [1.165, 1.54) is 25.1 Å². The van der Waals surface area contributed by atoms with Gasteiger partial charge >= 0.3 is 0 Å². The molecule has 0 unspecified atom stereocenters. The van der Waals surface area contributed by atoms with E-state index in [0.717, 1.165) is 17.2 Å². The van der Waals surface area contributed by atoms with Gasteiger partial charge in [0.2, 0.25) is 5.91 Å². The van der Waals surface area contributed by atoms with Crippen LogP contribution in [0.4, 0.5) is 21.5 Å². The minimum absolute atomic E-state index is 0.0879. The van der Waals surface area contributed by atoms with Gasteiger partial charge < -0.3 is 15.0 Å². The van der Waals surface area contributed by atoms with Gasteiger partial charge in [0.1, 0.15) is 5.69 Å². The lowest BCUT2D eigenvalue weighted by molar-refractivity contribution is -0.384. The molecule has 26 heavy (non-hydrogen) atoms. The van der Waals surface area contributed by atoms with E-state index >= 15 is 0 Å². The third kappa shape index (κ3) is 4.08. The van der Waals surface area contributed by atoms with E-state index in [1.807, 2.05) is 32.0 Å². The number of nitro groups is 1. The average molecular weight is 361 g/mol. The van der Waals surface area contributed by atoms with Gasteiger partial charge in [0.05, 0.1) is 24.6 Å². The second kappa shape index (κ2) is 7.81. The number of methoxy groups -OCH3 is 1. The molecular formula is C18H20FN3O4. The van der Waals surface area contributed by atoms with Gasteiger partial charge in [-0.3, -0.25) is 14.9 Å². The Morgan fingerprint density at radius 1 is 1.31 bits per heavy atom. The topological polar surface area (TPSA) is 84.7 Å². The molecule has 0 radical (unpaired) electrons. The first-order chi connectivity index (χ1) is 12.2. The van der Waals surface area contributed by atoms with E-state index in [1.54, 1.807) is 0 Å². The molecule has 0 bridgehead atoms. The van der Waals surface area contributed by atoms with Gasteiger partial charge in [0.25, 0.3) is 5.69 Å². The zero-order chi connectivity index (χ0) is 19.4. The quantitative estimate of drug-likeness (QED) is 0.629. The number of nitro benzene ring substituents is 1. The Morgan fingerprint density at radius 2 is 1.92 bits per heavy atom. The number of nitrogens with zero attached hydrogens (tertiary/aromatic N) is 2. The number of nitrogens with one attached hydrogen (secondary N) is 1. The Hall–Kier alpha value is -3.16. The number of hydrogen-bond donors (Lipinski definition) is 1. The van der Waals surface area contributed by atoms with Crippen molar-refractivity contribution in [1.82, 2.24) is 0 Å². The summed E-state index contributed by atoms with van der Waals surface area (Å²) in [4.78, 5) is 24.3. The molecule has 2 aromatic rings. The van der Waals surface area contributed by atoms with Gasteiger partial charge in [-0.05, 0) is 25.0 Å². The summed E-state index contributed by atoms with van der Waals surface area (Å²) in [6.45, 7) is 3.60. The number of anilines is 2. The Morgan fingerprint density at radius 3 is 2.46 bits per heavy atom. The summed E-state index contributed by atoms with van der Waals surface area (Å²) in [6, 6.07) is 7.64. The van der Waals surface area contributed by atoms with Gasteiger partial charge in [-0.25, -0.2) is 4.39 Å². The fraction of sp³-hybridized carbons (Fsp3) is 0.278. The lowest BCUT2D eigenvalue weighted by atomic mass is 10.1. The van der Waals surface area contributed by atoms with Gasteiger partial charge in [-0.15, -0.1) is 0 Å². The minimum Gasteiger partial charge on any atom is -0.494 e. The SMILES string of the molecule is COc1cc(N(C)CC(=O)Nc2c(C)cccc2C)c([N+](=O)[O-])cc1F. The number of ether oxygens (including phenoxy) is 1. The van der Waals surface area contributed by atoms with Crippen LogP contribution in [-0.4, -0.2) is 31.5 Å². The van der Waals surface area contributed by atoms with Crippen LogP contribution in [-0.2, 0) is 4.79 Å². The van der Waals surface area contributed by atoms with Gasteiger partial charge in [0, 0.05) is 18.8 Å². The van der Waals surface area contributed by atoms with Crippen molar-refractivity contribution in [3.8, 4) is 5.75 Å². The number of para-hydroxylation sites is 1. The number of halogens is 1. The van der Waals surface area contributed by atoms with Crippen LogP contribution < -0.4 is 15.0 Å². The van der Waals surface area contributed by atoms with Crippen LogP contribution >= 0.6 is 0 Å². The van der Waals surface area contributed by atoms with Crippen molar-refractivity contribution in [2.75, 3.05) is 30.9 Å². The van der Waals surface area contributed by atoms with E-state index in [4.69, 9.17) is 4.74 Å². The molecule has 1 N–H and O–H groups in total. The van der Waals surface area contributed by atoms with Crippen molar-refractivity contribution in [3.63, 3.8) is 0 Å². The van der Waals surface area contributed by atoms with Crippen molar-refractivity contribution in [2.24, 2.45) is 0 Å². The first-order valence-electron chi connectivity index (χ1n) is 7.83. The van der Waals surface area contributed by atoms with Crippen LogP contribution in [0.2, 0.25) is 0 Å². The predicted molar refractivity (Wildman–Crippen MR) is 97.4 cm³/mol. The summed E-state index contributed by atoms with van der Waals surface area (Å²) in [7, 11) is 2.78. The maximum atomic E-state index is 13.8. The van der Waals surface area contributed by atoms with E-state index in [-0.39, 0.29) is 23.9 Å². The molecule has 0 spiro atoms. The highest BCUT2D eigenvalue weighted by Gasteiger charge is 2.23. The lowest BCUT2D eigenvalue weighted by Gasteiger charge is -2.20. The summed E-state index contributed by atoms with van der Waals surface area (Å²) < 4.78 is 18.6. The number of benzene rings is 2. The maximum Gasteiger partial charge on any atom is 0.295 e. The predicted octanol–water partition coefficient (Wildman–Crippen LogP) is 3.43. The zero-order valence-corrected chi connectivity index (χ0v) is 15.0. The van der Waals surface area contributed by atoms with E-state index < -0.39 is 16.4 Å². The molecule has 0 saturated carbocycles. The van der Waals surface area contributed by atoms with Gasteiger partial charge in [-0.1, -0.05) is 18.2 Å². The van der Waals surface area contributed by atoms with Crippen molar-refractivity contribution in [2.45, 2.75) is 13.8 Å². The van der Waals surface area contributed by atoms with Crippen molar-refractivity contribution >= 4 is 23.0 Å². The van der Waals surface area contributed by atoms with E-state index in [9.17, 15) is 19.3 Å². The normalized spacial score (nSPS) is 10.3. The number of aryl methyl sites for hydroxylation is 2. The minimum atomic E-state index is -0.837. The number of rotatable bonds is 6.